The fourth-order valence-corrected chi connectivity index (χ4v) is 2.13. The van der Waals surface area contributed by atoms with Gasteiger partial charge in [-0.05, 0) is 43.0 Å². The van der Waals surface area contributed by atoms with Crippen LogP contribution in [0, 0.1) is 12.8 Å². The van der Waals surface area contributed by atoms with E-state index < -0.39 is 0 Å². The van der Waals surface area contributed by atoms with Crippen LogP contribution in [0.25, 0.3) is 0 Å². The van der Waals surface area contributed by atoms with Crippen LogP contribution in [0.2, 0.25) is 0 Å². The van der Waals surface area contributed by atoms with E-state index >= 15 is 0 Å². The minimum Gasteiger partial charge on any atom is -0.310 e. The third-order valence-electron chi connectivity index (χ3n) is 3.16. The highest BCUT2D eigenvalue weighted by Gasteiger charge is 2.26. The Labute approximate surface area is 92.1 Å². The maximum Gasteiger partial charge on any atom is 0.0326 e. The Morgan fingerprint density at radius 1 is 1.53 bits per heavy atom. The average molecular weight is 204 g/mol. The molecule has 1 aromatic rings. The van der Waals surface area contributed by atoms with E-state index in [0.717, 1.165) is 12.5 Å². The number of rotatable bonds is 5. The third kappa shape index (κ3) is 2.78. The van der Waals surface area contributed by atoms with Gasteiger partial charge in [-0.2, -0.15) is 0 Å². The second kappa shape index (κ2) is 4.75. The normalized spacial score (nSPS) is 17.7. The lowest BCUT2D eigenvalue weighted by atomic mass is 9.98. The van der Waals surface area contributed by atoms with Gasteiger partial charge in [0, 0.05) is 18.4 Å². The van der Waals surface area contributed by atoms with E-state index in [9.17, 15) is 0 Å². The summed E-state index contributed by atoms with van der Waals surface area (Å²) in [6.07, 6.45) is 8.00. The van der Waals surface area contributed by atoms with Crippen LogP contribution >= 0.6 is 0 Å². The van der Waals surface area contributed by atoms with E-state index in [1.54, 1.807) is 0 Å². The van der Waals surface area contributed by atoms with Crippen molar-refractivity contribution < 1.29 is 0 Å². The molecule has 0 saturated heterocycles. The molecule has 1 aliphatic carbocycles. The van der Waals surface area contributed by atoms with Crippen LogP contribution in [0.1, 0.15) is 43.4 Å². The van der Waals surface area contributed by atoms with Gasteiger partial charge < -0.3 is 5.32 Å². The quantitative estimate of drug-likeness (QED) is 0.797. The average Bonchev–Trinajstić information content (AvgIpc) is 3.02. The van der Waals surface area contributed by atoms with E-state index in [2.05, 4.69) is 30.2 Å². The van der Waals surface area contributed by atoms with Crippen molar-refractivity contribution in [2.24, 2.45) is 5.92 Å². The highest BCUT2D eigenvalue weighted by molar-refractivity contribution is 5.25. The van der Waals surface area contributed by atoms with Gasteiger partial charge >= 0.3 is 0 Å². The molecule has 1 heterocycles. The first-order valence-electron chi connectivity index (χ1n) is 5.95. The standard InChI is InChI=1S/C13H20N2/c1-3-15-13(8-11-4-5-11)12-6-7-14-9-10(12)2/h6-7,9,11,13,15H,3-5,8H2,1-2H3. The topological polar surface area (TPSA) is 24.9 Å². The predicted molar refractivity (Wildman–Crippen MR) is 62.7 cm³/mol. The number of nitrogens with one attached hydrogen (secondary N) is 1. The monoisotopic (exact) mass is 204 g/mol. The SMILES string of the molecule is CCNC(CC1CC1)c1ccncc1C. The smallest absolute Gasteiger partial charge is 0.0326 e. The Kier molecular flexibility index (Phi) is 3.37. The second-order valence-corrected chi connectivity index (χ2v) is 4.52. The van der Waals surface area contributed by atoms with Crippen molar-refractivity contribution in [3.8, 4) is 0 Å². The van der Waals surface area contributed by atoms with Crippen LogP contribution in [0.15, 0.2) is 18.5 Å². The van der Waals surface area contributed by atoms with Crippen molar-refractivity contribution in [2.45, 2.75) is 39.2 Å². The van der Waals surface area contributed by atoms with Gasteiger partial charge in [-0.3, -0.25) is 4.98 Å². The summed E-state index contributed by atoms with van der Waals surface area (Å²) in [5, 5.41) is 3.58. The fraction of sp³-hybridized carbons (Fsp3) is 0.615. The highest BCUT2D eigenvalue weighted by atomic mass is 14.9. The molecule has 1 atom stereocenters. The number of aromatic nitrogens is 1. The van der Waals surface area contributed by atoms with Gasteiger partial charge in [0.2, 0.25) is 0 Å². The Balaban J connectivity index is 2.11. The lowest BCUT2D eigenvalue weighted by molar-refractivity contribution is 0.484. The molecule has 0 amide bonds. The Hall–Kier alpha value is -0.890. The number of nitrogens with zero attached hydrogens (tertiary/aromatic N) is 1. The molecular formula is C13H20N2. The minimum atomic E-state index is 0.533. The second-order valence-electron chi connectivity index (χ2n) is 4.52. The van der Waals surface area contributed by atoms with E-state index in [4.69, 9.17) is 0 Å². The fourth-order valence-electron chi connectivity index (χ4n) is 2.13. The lowest BCUT2D eigenvalue weighted by Gasteiger charge is -2.19. The largest absolute Gasteiger partial charge is 0.310 e. The molecule has 0 aliphatic heterocycles. The molecule has 82 valence electrons. The maximum absolute atomic E-state index is 4.15. The van der Waals surface area contributed by atoms with Gasteiger partial charge in [0.15, 0.2) is 0 Å². The van der Waals surface area contributed by atoms with Crippen LogP contribution in [0.5, 0.6) is 0 Å². The van der Waals surface area contributed by atoms with Crippen LogP contribution in [-0.2, 0) is 0 Å². The minimum absolute atomic E-state index is 0.533. The molecule has 1 aliphatic rings. The summed E-state index contributed by atoms with van der Waals surface area (Å²) in [5.41, 5.74) is 2.74. The zero-order chi connectivity index (χ0) is 10.7. The van der Waals surface area contributed by atoms with Crippen molar-refractivity contribution in [1.82, 2.24) is 10.3 Å². The number of pyridine rings is 1. The maximum atomic E-state index is 4.15. The van der Waals surface area contributed by atoms with Crippen molar-refractivity contribution in [1.29, 1.82) is 0 Å². The van der Waals surface area contributed by atoms with E-state index in [0.29, 0.717) is 6.04 Å². The van der Waals surface area contributed by atoms with Crippen LogP contribution in [-0.4, -0.2) is 11.5 Å². The van der Waals surface area contributed by atoms with E-state index in [-0.39, 0.29) is 0 Å². The number of hydrogen-bond donors (Lipinski definition) is 1. The molecule has 1 aromatic heterocycles. The molecule has 0 radical (unpaired) electrons. The van der Waals surface area contributed by atoms with Gasteiger partial charge in [-0.25, -0.2) is 0 Å². The number of aryl methyl sites for hydroxylation is 1. The predicted octanol–water partition coefficient (Wildman–Crippen LogP) is 2.84. The molecule has 1 unspecified atom stereocenters. The van der Waals surface area contributed by atoms with Crippen molar-refractivity contribution in [3.05, 3.63) is 29.6 Å². The summed E-state index contributed by atoms with van der Waals surface area (Å²) in [6.45, 7) is 5.37. The van der Waals surface area contributed by atoms with Crippen molar-refractivity contribution >= 4 is 0 Å². The molecule has 0 aromatic carbocycles. The number of hydrogen-bond acceptors (Lipinski definition) is 2. The van der Waals surface area contributed by atoms with Crippen molar-refractivity contribution in [3.63, 3.8) is 0 Å². The summed E-state index contributed by atoms with van der Waals surface area (Å²) in [4.78, 5) is 4.15. The molecule has 0 spiro atoms. The first kappa shape index (κ1) is 10.6. The van der Waals surface area contributed by atoms with Gasteiger partial charge in [0.05, 0.1) is 0 Å². The highest BCUT2D eigenvalue weighted by Crippen LogP contribution is 2.38. The summed E-state index contributed by atoms with van der Waals surface area (Å²) < 4.78 is 0. The molecule has 2 heteroatoms. The summed E-state index contributed by atoms with van der Waals surface area (Å²) >= 11 is 0. The van der Waals surface area contributed by atoms with E-state index in [1.165, 1.54) is 30.4 Å². The first-order chi connectivity index (χ1) is 7.31. The van der Waals surface area contributed by atoms with Crippen LogP contribution < -0.4 is 5.32 Å². The third-order valence-corrected chi connectivity index (χ3v) is 3.16. The lowest BCUT2D eigenvalue weighted by Crippen LogP contribution is -2.22. The Morgan fingerprint density at radius 2 is 2.33 bits per heavy atom. The van der Waals surface area contributed by atoms with E-state index in [1.807, 2.05) is 12.4 Å². The van der Waals surface area contributed by atoms with Gasteiger partial charge in [-0.1, -0.05) is 19.8 Å². The van der Waals surface area contributed by atoms with Gasteiger partial charge in [-0.15, -0.1) is 0 Å². The molecule has 1 N–H and O–H groups in total. The Morgan fingerprint density at radius 3 is 2.93 bits per heavy atom. The summed E-state index contributed by atoms with van der Waals surface area (Å²) in [5.74, 6) is 0.960. The molecule has 0 bridgehead atoms. The molecule has 2 nitrogen and oxygen atoms in total. The molecular weight excluding hydrogens is 184 g/mol. The summed E-state index contributed by atoms with van der Waals surface area (Å²) in [7, 11) is 0. The van der Waals surface area contributed by atoms with Crippen LogP contribution in [0.3, 0.4) is 0 Å². The molecule has 15 heavy (non-hydrogen) atoms. The zero-order valence-corrected chi connectivity index (χ0v) is 9.66. The first-order valence-corrected chi connectivity index (χ1v) is 5.95. The molecule has 1 fully saturated rings. The zero-order valence-electron chi connectivity index (χ0n) is 9.66. The molecule has 1 saturated carbocycles. The molecule has 2 rings (SSSR count). The Bertz CT molecular complexity index is 318. The van der Waals surface area contributed by atoms with Crippen molar-refractivity contribution in [2.75, 3.05) is 6.54 Å². The van der Waals surface area contributed by atoms with Crippen LogP contribution in [0.4, 0.5) is 0 Å². The van der Waals surface area contributed by atoms with Gasteiger partial charge in [0.1, 0.15) is 0 Å². The van der Waals surface area contributed by atoms with Gasteiger partial charge in [0.25, 0.3) is 0 Å². The summed E-state index contributed by atoms with van der Waals surface area (Å²) in [6, 6.07) is 2.69.